The molecule has 1 aliphatic heterocycles. The lowest BCUT2D eigenvalue weighted by Crippen LogP contribution is -2.48. The second-order valence-electron chi connectivity index (χ2n) is 4.04. The molecule has 0 saturated carbocycles. The standard InChI is InChI=1S/C12H15NO3/c1-8-11(12(14)13(2)3)16-10-7-5-4-6-9(10)15-8/h4-8,11H,1-3H3/t8-,11+/m0/s1. The molecule has 4 heteroatoms. The van der Waals surface area contributed by atoms with Gasteiger partial charge in [0.25, 0.3) is 5.91 Å². The van der Waals surface area contributed by atoms with Crippen LogP contribution in [0.25, 0.3) is 0 Å². The van der Waals surface area contributed by atoms with E-state index in [0.717, 1.165) is 0 Å². The first-order valence-electron chi connectivity index (χ1n) is 5.23. The highest BCUT2D eigenvalue weighted by Gasteiger charge is 2.34. The van der Waals surface area contributed by atoms with Gasteiger partial charge in [-0.05, 0) is 19.1 Å². The van der Waals surface area contributed by atoms with Gasteiger partial charge in [0.05, 0.1) is 0 Å². The first-order valence-corrected chi connectivity index (χ1v) is 5.23. The summed E-state index contributed by atoms with van der Waals surface area (Å²) >= 11 is 0. The van der Waals surface area contributed by atoms with Gasteiger partial charge in [-0.25, -0.2) is 0 Å². The summed E-state index contributed by atoms with van der Waals surface area (Å²) in [6.07, 6.45) is -0.838. The van der Waals surface area contributed by atoms with E-state index >= 15 is 0 Å². The van der Waals surface area contributed by atoms with E-state index in [-0.39, 0.29) is 12.0 Å². The number of para-hydroxylation sites is 2. The number of carbonyl (C=O) groups is 1. The number of carbonyl (C=O) groups excluding carboxylic acids is 1. The molecule has 1 amide bonds. The van der Waals surface area contributed by atoms with E-state index in [1.54, 1.807) is 20.2 Å². The third-order valence-electron chi connectivity index (χ3n) is 2.53. The van der Waals surface area contributed by atoms with Crippen LogP contribution in [0.4, 0.5) is 0 Å². The van der Waals surface area contributed by atoms with E-state index in [2.05, 4.69) is 0 Å². The van der Waals surface area contributed by atoms with Gasteiger partial charge in [0.2, 0.25) is 6.10 Å². The van der Waals surface area contributed by atoms with Crippen LogP contribution in [-0.4, -0.2) is 37.1 Å². The topological polar surface area (TPSA) is 38.8 Å². The van der Waals surface area contributed by atoms with Crippen LogP contribution in [0, 0.1) is 0 Å². The predicted octanol–water partition coefficient (Wildman–Crippen LogP) is 1.30. The minimum absolute atomic E-state index is 0.0815. The minimum Gasteiger partial charge on any atom is -0.482 e. The molecule has 0 radical (unpaired) electrons. The van der Waals surface area contributed by atoms with Gasteiger partial charge in [-0.2, -0.15) is 0 Å². The van der Waals surface area contributed by atoms with Crippen molar-refractivity contribution in [2.24, 2.45) is 0 Å². The van der Waals surface area contributed by atoms with E-state index in [1.807, 2.05) is 25.1 Å². The van der Waals surface area contributed by atoms with Gasteiger partial charge in [-0.3, -0.25) is 4.79 Å². The largest absolute Gasteiger partial charge is 0.482 e. The summed E-state index contributed by atoms with van der Waals surface area (Å²) in [7, 11) is 3.41. The van der Waals surface area contributed by atoms with Crippen LogP contribution >= 0.6 is 0 Å². The molecule has 86 valence electrons. The average molecular weight is 221 g/mol. The van der Waals surface area contributed by atoms with Gasteiger partial charge in [0, 0.05) is 14.1 Å². The summed E-state index contributed by atoms with van der Waals surface area (Å²) < 4.78 is 11.3. The molecule has 2 rings (SSSR count). The highest BCUT2D eigenvalue weighted by atomic mass is 16.6. The Bertz CT molecular complexity index is 403. The summed E-state index contributed by atoms with van der Waals surface area (Å²) in [6, 6.07) is 7.37. The number of likely N-dealkylation sites (N-methyl/N-ethyl adjacent to an activating group) is 1. The summed E-state index contributed by atoms with van der Waals surface area (Å²) in [5.74, 6) is 1.24. The zero-order valence-electron chi connectivity index (χ0n) is 9.64. The summed E-state index contributed by atoms with van der Waals surface area (Å²) in [5.41, 5.74) is 0. The monoisotopic (exact) mass is 221 g/mol. The fraction of sp³-hybridized carbons (Fsp3) is 0.417. The van der Waals surface area contributed by atoms with Crippen molar-refractivity contribution >= 4 is 5.91 Å². The number of benzene rings is 1. The lowest BCUT2D eigenvalue weighted by molar-refractivity contribution is -0.141. The fourth-order valence-corrected chi connectivity index (χ4v) is 1.65. The van der Waals surface area contributed by atoms with Gasteiger partial charge in [0.15, 0.2) is 11.5 Å². The number of nitrogens with zero attached hydrogens (tertiary/aromatic N) is 1. The Labute approximate surface area is 94.8 Å². The van der Waals surface area contributed by atoms with Crippen molar-refractivity contribution in [1.29, 1.82) is 0 Å². The second kappa shape index (κ2) is 4.04. The van der Waals surface area contributed by atoms with E-state index < -0.39 is 6.10 Å². The van der Waals surface area contributed by atoms with Gasteiger partial charge >= 0.3 is 0 Å². The molecule has 0 unspecified atom stereocenters. The number of rotatable bonds is 1. The third-order valence-corrected chi connectivity index (χ3v) is 2.53. The molecule has 0 spiro atoms. The van der Waals surface area contributed by atoms with E-state index in [9.17, 15) is 4.79 Å². The molecular weight excluding hydrogens is 206 g/mol. The van der Waals surface area contributed by atoms with Crippen LogP contribution in [0.2, 0.25) is 0 Å². The van der Waals surface area contributed by atoms with Gasteiger partial charge < -0.3 is 14.4 Å². The summed E-state index contributed by atoms with van der Waals surface area (Å²) in [5, 5.41) is 0. The quantitative estimate of drug-likeness (QED) is 0.717. The van der Waals surface area contributed by atoms with Crippen molar-refractivity contribution < 1.29 is 14.3 Å². The molecule has 0 aromatic heterocycles. The second-order valence-corrected chi connectivity index (χ2v) is 4.04. The van der Waals surface area contributed by atoms with E-state index in [4.69, 9.17) is 9.47 Å². The zero-order valence-corrected chi connectivity index (χ0v) is 9.64. The molecule has 1 aromatic rings. The maximum Gasteiger partial charge on any atom is 0.267 e. The Kier molecular flexibility index (Phi) is 2.73. The number of ether oxygens (including phenoxy) is 2. The smallest absolute Gasteiger partial charge is 0.267 e. The van der Waals surface area contributed by atoms with Crippen LogP contribution in [0.3, 0.4) is 0 Å². The number of fused-ring (bicyclic) bond motifs is 1. The Morgan fingerprint density at radius 1 is 1.19 bits per heavy atom. The van der Waals surface area contributed by atoms with Crippen LogP contribution in [0.5, 0.6) is 11.5 Å². The van der Waals surface area contributed by atoms with Crippen molar-refractivity contribution in [2.45, 2.75) is 19.1 Å². The highest BCUT2D eigenvalue weighted by Crippen LogP contribution is 2.33. The number of hydrogen-bond acceptors (Lipinski definition) is 3. The van der Waals surface area contributed by atoms with Crippen LogP contribution < -0.4 is 9.47 Å². The van der Waals surface area contributed by atoms with Crippen molar-refractivity contribution in [1.82, 2.24) is 4.90 Å². The number of amides is 1. The van der Waals surface area contributed by atoms with Crippen molar-refractivity contribution in [2.75, 3.05) is 14.1 Å². The molecule has 16 heavy (non-hydrogen) atoms. The fourth-order valence-electron chi connectivity index (χ4n) is 1.65. The maximum absolute atomic E-state index is 11.8. The van der Waals surface area contributed by atoms with Crippen LogP contribution in [-0.2, 0) is 4.79 Å². The molecule has 0 N–H and O–H groups in total. The molecule has 0 aliphatic carbocycles. The Morgan fingerprint density at radius 3 is 2.31 bits per heavy atom. The minimum atomic E-state index is -0.565. The zero-order chi connectivity index (χ0) is 11.7. The lowest BCUT2D eigenvalue weighted by atomic mass is 10.1. The van der Waals surface area contributed by atoms with Gasteiger partial charge in [-0.15, -0.1) is 0 Å². The SMILES string of the molecule is C[C@@H]1Oc2ccccc2O[C@H]1C(=O)N(C)C. The molecule has 2 atom stereocenters. The highest BCUT2D eigenvalue weighted by molar-refractivity contribution is 5.81. The summed E-state index contributed by atoms with van der Waals surface area (Å²) in [4.78, 5) is 13.4. The molecule has 0 bridgehead atoms. The lowest BCUT2D eigenvalue weighted by Gasteiger charge is -2.32. The Hall–Kier alpha value is -1.71. The number of hydrogen-bond donors (Lipinski definition) is 0. The Balaban J connectivity index is 2.24. The van der Waals surface area contributed by atoms with Crippen molar-refractivity contribution in [3.05, 3.63) is 24.3 Å². The molecule has 0 saturated heterocycles. The molecule has 1 aliphatic rings. The molecule has 1 heterocycles. The molecular formula is C12H15NO3. The average Bonchev–Trinajstić information content (AvgIpc) is 2.27. The van der Waals surface area contributed by atoms with Crippen molar-refractivity contribution in [3.63, 3.8) is 0 Å². The normalized spacial score (nSPS) is 22.7. The first kappa shape index (κ1) is 10.8. The maximum atomic E-state index is 11.8. The van der Waals surface area contributed by atoms with Crippen LogP contribution in [0.15, 0.2) is 24.3 Å². The molecule has 1 aromatic carbocycles. The van der Waals surface area contributed by atoms with Gasteiger partial charge in [0.1, 0.15) is 6.10 Å². The van der Waals surface area contributed by atoms with E-state index in [1.165, 1.54) is 4.90 Å². The Morgan fingerprint density at radius 2 is 1.75 bits per heavy atom. The van der Waals surface area contributed by atoms with Crippen molar-refractivity contribution in [3.8, 4) is 11.5 Å². The van der Waals surface area contributed by atoms with Crippen LogP contribution in [0.1, 0.15) is 6.92 Å². The molecule has 4 nitrogen and oxygen atoms in total. The first-order chi connectivity index (χ1) is 7.59. The predicted molar refractivity (Wildman–Crippen MR) is 59.6 cm³/mol. The van der Waals surface area contributed by atoms with E-state index in [0.29, 0.717) is 11.5 Å². The molecule has 0 fully saturated rings. The third kappa shape index (κ3) is 1.83. The summed E-state index contributed by atoms with van der Waals surface area (Å²) in [6.45, 7) is 1.84. The van der Waals surface area contributed by atoms with Gasteiger partial charge in [-0.1, -0.05) is 12.1 Å².